The Bertz CT molecular complexity index is 1070. The first-order valence-electron chi connectivity index (χ1n) is 10.7. The fourth-order valence-electron chi connectivity index (χ4n) is 4.04. The molecule has 1 atom stereocenters. The highest BCUT2D eigenvalue weighted by Crippen LogP contribution is 2.40. The summed E-state index contributed by atoms with van der Waals surface area (Å²) in [5.41, 5.74) is 4.59. The Kier molecular flexibility index (Phi) is 6.87. The Morgan fingerprint density at radius 2 is 2.00 bits per heavy atom. The molecule has 1 aliphatic rings. The van der Waals surface area contributed by atoms with E-state index in [1.54, 1.807) is 20.4 Å². The van der Waals surface area contributed by atoms with Gasteiger partial charge in [-0.05, 0) is 55.3 Å². The van der Waals surface area contributed by atoms with Crippen molar-refractivity contribution in [1.29, 1.82) is 0 Å². The summed E-state index contributed by atoms with van der Waals surface area (Å²) in [6.07, 6.45) is 2.19. The Balaban J connectivity index is 1.72. The largest absolute Gasteiger partial charge is 0.493 e. The zero-order chi connectivity index (χ0) is 22.5. The molecule has 3 aromatic rings. The highest BCUT2D eigenvalue weighted by Gasteiger charge is 2.24. The van der Waals surface area contributed by atoms with E-state index in [1.807, 2.05) is 43.3 Å². The molecule has 0 unspecified atom stereocenters. The molecule has 2 aromatic heterocycles. The first-order chi connectivity index (χ1) is 15.6. The summed E-state index contributed by atoms with van der Waals surface area (Å²) in [6.45, 7) is 4.42. The van der Waals surface area contributed by atoms with Gasteiger partial charge < -0.3 is 19.3 Å². The Labute approximate surface area is 188 Å². The van der Waals surface area contributed by atoms with E-state index in [-0.39, 0.29) is 6.10 Å². The van der Waals surface area contributed by atoms with E-state index >= 15 is 0 Å². The number of methoxy groups -OCH3 is 2. The molecule has 0 bridgehead atoms. The summed E-state index contributed by atoms with van der Waals surface area (Å²) >= 11 is 0. The van der Waals surface area contributed by atoms with Crippen LogP contribution in [0.15, 0.2) is 48.7 Å². The van der Waals surface area contributed by atoms with Crippen molar-refractivity contribution in [3.05, 3.63) is 65.6 Å². The predicted octanol–water partition coefficient (Wildman–Crippen LogP) is 3.61. The summed E-state index contributed by atoms with van der Waals surface area (Å²) in [6, 6.07) is 13.8. The van der Waals surface area contributed by atoms with Crippen LogP contribution >= 0.6 is 0 Å². The number of likely N-dealkylation sites (tertiary alicyclic amines) is 1. The first-order valence-corrected chi connectivity index (χ1v) is 10.7. The second-order valence-electron chi connectivity index (χ2n) is 7.96. The molecule has 1 saturated heterocycles. The van der Waals surface area contributed by atoms with Crippen LogP contribution in [0.2, 0.25) is 0 Å². The maximum Gasteiger partial charge on any atom is 0.221 e. The van der Waals surface area contributed by atoms with Crippen LogP contribution in [0.25, 0.3) is 11.1 Å². The van der Waals surface area contributed by atoms with E-state index in [4.69, 9.17) is 14.2 Å². The quantitative estimate of drug-likeness (QED) is 0.579. The molecule has 0 aliphatic carbocycles. The van der Waals surface area contributed by atoms with E-state index in [1.165, 1.54) is 0 Å². The van der Waals surface area contributed by atoms with Gasteiger partial charge in [-0.25, -0.2) is 4.98 Å². The number of β-amino-alcohol motifs (C(OH)–C–C–N with tert-alkyl or cyclic N) is 1. The number of ether oxygens (including phenoxy) is 3. The van der Waals surface area contributed by atoms with Crippen LogP contribution in [-0.2, 0) is 13.2 Å². The molecule has 0 amide bonds. The topological polar surface area (TPSA) is 76.9 Å². The first kappa shape index (κ1) is 22.0. The number of hydrogen-bond donors (Lipinski definition) is 1. The SMILES string of the molecule is COc1cc(-c2cccnc2OC)cc(CN2CC[C@@H](O)C2)c1OCc1cccc(C)n1. The molecule has 4 rings (SSSR count). The zero-order valence-corrected chi connectivity index (χ0v) is 18.7. The van der Waals surface area contributed by atoms with E-state index in [0.717, 1.165) is 41.0 Å². The van der Waals surface area contributed by atoms with Crippen molar-refractivity contribution in [2.45, 2.75) is 32.6 Å². The lowest BCUT2D eigenvalue weighted by atomic mass is 10.0. The maximum atomic E-state index is 10.00. The molecule has 7 nitrogen and oxygen atoms in total. The van der Waals surface area contributed by atoms with Gasteiger partial charge in [0.25, 0.3) is 0 Å². The summed E-state index contributed by atoms with van der Waals surface area (Å²) in [4.78, 5) is 11.1. The summed E-state index contributed by atoms with van der Waals surface area (Å²) < 4.78 is 17.5. The van der Waals surface area contributed by atoms with Crippen molar-refractivity contribution in [3.8, 4) is 28.5 Å². The fraction of sp³-hybridized carbons (Fsp3) is 0.360. The number of pyridine rings is 2. The molecule has 32 heavy (non-hydrogen) atoms. The number of hydrogen-bond acceptors (Lipinski definition) is 7. The van der Waals surface area contributed by atoms with Gasteiger partial charge in [-0.1, -0.05) is 6.07 Å². The average molecular weight is 436 g/mol. The Hall–Kier alpha value is -3.16. The smallest absolute Gasteiger partial charge is 0.221 e. The van der Waals surface area contributed by atoms with Gasteiger partial charge in [-0.15, -0.1) is 0 Å². The summed E-state index contributed by atoms with van der Waals surface area (Å²) in [7, 11) is 3.25. The standard InChI is InChI=1S/C25H29N3O4/c1-17-6-4-7-20(27-17)16-32-24-19(14-28-11-9-21(29)15-28)12-18(13-23(24)30-2)22-8-5-10-26-25(22)31-3/h4-8,10,12-13,21,29H,9,11,14-16H2,1-3H3/t21-/m1/s1. The van der Waals surface area contributed by atoms with E-state index in [0.29, 0.717) is 37.1 Å². The number of benzene rings is 1. The van der Waals surface area contributed by atoms with Gasteiger partial charge in [0.15, 0.2) is 11.5 Å². The van der Waals surface area contributed by atoms with Crippen LogP contribution < -0.4 is 14.2 Å². The van der Waals surface area contributed by atoms with E-state index in [9.17, 15) is 5.11 Å². The van der Waals surface area contributed by atoms with Crippen LogP contribution in [0.5, 0.6) is 17.4 Å². The summed E-state index contributed by atoms with van der Waals surface area (Å²) in [5.74, 6) is 1.87. The minimum atomic E-state index is -0.292. The van der Waals surface area contributed by atoms with Gasteiger partial charge in [-0.2, -0.15) is 0 Å². The lowest BCUT2D eigenvalue weighted by Gasteiger charge is -2.21. The lowest BCUT2D eigenvalue weighted by molar-refractivity contribution is 0.174. The van der Waals surface area contributed by atoms with Gasteiger partial charge in [-0.3, -0.25) is 9.88 Å². The van der Waals surface area contributed by atoms with E-state index < -0.39 is 0 Å². The monoisotopic (exact) mass is 435 g/mol. The molecule has 3 heterocycles. The molecule has 0 saturated carbocycles. The third kappa shape index (κ3) is 5.00. The van der Waals surface area contributed by atoms with Crippen molar-refractivity contribution in [3.63, 3.8) is 0 Å². The van der Waals surface area contributed by atoms with Crippen LogP contribution in [0, 0.1) is 6.92 Å². The molecule has 0 spiro atoms. The Morgan fingerprint density at radius 1 is 1.12 bits per heavy atom. The Morgan fingerprint density at radius 3 is 2.72 bits per heavy atom. The van der Waals surface area contributed by atoms with Crippen LogP contribution in [-0.4, -0.2) is 53.4 Å². The molecular weight excluding hydrogens is 406 g/mol. The third-order valence-electron chi connectivity index (χ3n) is 5.58. The van der Waals surface area contributed by atoms with Crippen LogP contribution in [0.4, 0.5) is 0 Å². The molecule has 168 valence electrons. The van der Waals surface area contributed by atoms with Gasteiger partial charge in [0.05, 0.1) is 26.0 Å². The fourth-order valence-corrected chi connectivity index (χ4v) is 4.04. The highest BCUT2D eigenvalue weighted by molar-refractivity contribution is 5.73. The molecule has 1 aromatic carbocycles. The molecule has 0 radical (unpaired) electrons. The van der Waals surface area contributed by atoms with Crippen molar-refractivity contribution in [2.24, 2.45) is 0 Å². The molecule has 1 N–H and O–H groups in total. The van der Waals surface area contributed by atoms with Crippen molar-refractivity contribution in [2.75, 3.05) is 27.3 Å². The van der Waals surface area contributed by atoms with Crippen molar-refractivity contribution < 1.29 is 19.3 Å². The second kappa shape index (κ2) is 9.97. The van der Waals surface area contributed by atoms with Crippen molar-refractivity contribution >= 4 is 0 Å². The van der Waals surface area contributed by atoms with Crippen molar-refractivity contribution in [1.82, 2.24) is 14.9 Å². The third-order valence-corrected chi connectivity index (χ3v) is 5.58. The molecule has 7 heteroatoms. The van der Waals surface area contributed by atoms with Gasteiger partial charge in [0.1, 0.15) is 6.61 Å². The predicted molar refractivity (Wildman–Crippen MR) is 122 cm³/mol. The van der Waals surface area contributed by atoms with Gasteiger partial charge >= 0.3 is 0 Å². The number of aliphatic hydroxyl groups is 1. The number of aryl methyl sites for hydroxylation is 1. The van der Waals surface area contributed by atoms with Crippen LogP contribution in [0.3, 0.4) is 0 Å². The lowest BCUT2D eigenvalue weighted by Crippen LogP contribution is -2.22. The zero-order valence-electron chi connectivity index (χ0n) is 18.7. The summed E-state index contributed by atoms with van der Waals surface area (Å²) in [5, 5.41) is 10.00. The van der Waals surface area contributed by atoms with E-state index in [2.05, 4.69) is 20.9 Å². The van der Waals surface area contributed by atoms with Gasteiger partial charge in [0, 0.05) is 42.7 Å². The number of aliphatic hydroxyl groups excluding tert-OH is 1. The number of rotatable bonds is 8. The normalized spacial score (nSPS) is 16.2. The maximum absolute atomic E-state index is 10.00. The minimum absolute atomic E-state index is 0.292. The molecular formula is C25H29N3O4. The number of nitrogens with zero attached hydrogens (tertiary/aromatic N) is 3. The molecule has 1 aliphatic heterocycles. The minimum Gasteiger partial charge on any atom is -0.493 e. The average Bonchev–Trinajstić information content (AvgIpc) is 3.22. The highest BCUT2D eigenvalue weighted by atomic mass is 16.5. The number of aromatic nitrogens is 2. The van der Waals surface area contributed by atoms with Gasteiger partial charge in [0.2, 0.25) is 5.88 Å². The second-order valence-corrected chi connectivity index (χ2v) is 7.96. The van der Waals surface area contributed by atoms with Crippen LogP contribution in [0.1, 0.15) is 23.4 Å². The molecule has 1 fully saturated rings.